The number of sulfonamides is 1. The number of nitrogens with zero attached hydrogens (tertiary/aromatic N) is 2. The average molecular weight is 633 g/mol. The minimum atomic E-state index is -5.44. The maximum absolute atomic E-state index is 13.1. The highest BCUT2D eigenvalue weighted by atomic mass is 32.2. The van der Waals surface area contributed by atoms with Gasteiger partial charge in [0.25, 0.3) is 31.5 Å². The standard InChI is InChI=1S/C24H23F3N4O7S3/c25-24(26,27)40(35,36)21-8-3-17(4-9-21)29-18-11-13-30(14-12-18)41(37,38)22-10-7-20(39-22)15-28-23(32)16-1-5-19(6-2-16)31(33)34/h1-10,18,29H,11-15H2,(H,28,32). The number of alkyl halides is 3. The molecule has 4 rings (SSSR count). The van der Waals surface area contributed by atoms with Crippen molar-refractivity contribution in [2.45, 2.75) is 40.0 Å². The van der Waals surface area contributed by atoms with Crippen LogP contribution in [0.2, 0.25) is 0 Å². The first kappa shape index (κ1) is 30.4. The van der Waals surface area contributed by atoms with Gasteiger partial charge in [0.05, 0.1) is 16.4 Å². The van der Waals surface area contributed by atoms with Crippen molar-refractivity contribution in [2.24, 2.45) is 0 Å². The highest BCUT2D eigenvalue weighted by Gasteiger charge is 2.46. The number of amides is 1. The normalized spacial score (nSPS) is 15.4. The molecule has 0 saturated carbocycles. The summed E-state index contributed by atoms with van der Waals surface area (Å²) in [6.07, 6.45) is 0.816. The van der Waals surface area contributed by atoms with E-state index in [4.69, 9.17) is 0 Å². The van der Waals surface area contributed by atoms with Gasteiger partial charge in [-0.1, -0.05) is 0 Å². The molecule has 220 valence electrons. The Morgan fingerprint density at radius 3 is 2.15 bits per heavy atom. The predicted octanol–water partition coefficient (Wildman–Crippen LogP) is 4.15. The lowest BCUT2D eigenvalue weighted by Crippen LogP contribution is -2.42. The van der Waals surface area contributed by atoms with Crippen LogP contribution >= 0.6 is 11.3 Å². The third-order valence-corrected chi connectivity index (χ3v) is 11.2. The average Bonchev–Trinajstić information content (AvgIpc) is 3.42. The molecule has 0 spiro atoms. The Balaban J connectivity index is 1.30. The fourth-order valence-corrected chi connectivity index (χ4v) is 7.74. The van der Waals surface area contributed by atoms with Crippen LogP contribution < -0.4 is 10.6 Å². The van der Waals surface area contributed by atoms with Crippen molar-refractivity contribution in [1.29, 1.82) is 0 Å². The molecular weight excluding hydrogens is 609 g/mol. The number of hydrogen-bond acceptors (Lipinski definition) is 9. The molecule has 2 aromatic carbocycles. The smallest absolute Gasteiger partial charge is 0.382 e. The minimum absolute atomic E-state index is 0.0606. The zero-order valence-electron chi connectivity index (χ0n) is 21.0. The molecule has 1 aromatic heterocycles. The fraction of sp³-hybridized carbons (Fsp3) is 0.292. The minimum Gasteiger partial charge on any atom is -0.382 e. The van der Waals surface area contributed by atoms with Gasteiger partial charge in [-0.2, -0.15) is 17.5 Å². The maximum Gasteiger partial charge on any atom is 0.501 e. The third kappa shape index (κ3) is 6.86. The number of nitro groups is 1. The number of nitro benzene ring substituents is 1. The van der Waals surface area contributed by atoms with Crippen LogP contribution in [0.25, 0.3) is 0 Å². The lowest BCUT2D eigenvalue weighted by atomic mass is 10.1. The Hall–Kier alpha value is -3.54. The van der Waals surface area contributed by atoms with E-state index in [9.17, 15) is 44.9 Å². The number of thiophene rings is 1. The molecule has 0 unspecified atom stereocenters. The van der Waals surface area contributed by atoms with Crippen molar-refractivity contribution >= 4 is 48.5 Å². The number of carbonyl (C=O) groups is 1. The van der Waals surface area contributed by atoms with E-state index in [-0.39, 0.29) is 41.1 Å². The molecule has 1 amide bonds. The second-order valence-corrected chi connectivity index (χ2v) is 14.3. The van der Waals surface area contributed by atoms with Crippen molar-refractivity contribution < 1.29 is 39.7 Å². The van der Waals surface area contributed by atoms with Gasteiger partial charge in [0.1, 0.15) is 4.21 Å². The van der Waals surface area contributed by atoms with Gasteiger partial charge in [0, 0.05) is 47.4 Å². The quantitative estimate of drug-likeness (QED) is 0.263. The molecule has 1 aliphatic heterocycles. The van der Waals surface area contributed by atoms with E-state index >= 15 is 0 Å². The van der Waals surface area contributed by atoms with Crippen LogP contribution in [0, 0.1) is 10.1 Å². The fourth-order valence-electron chi connectivity index (χ4n) is 4.06. The van der Waals surface area contributed by atoms with E-state index in [0.29, 0.717) is 23.4 Å². The first-order chi connectivity index (χ1) is 19.2. The van der Waals surface area contributed by atoms with Crippen LogP contribution in [0.1, 0.15) is 28.1 Å². The number of hydrogen-bond donors (Lipinski definition) is 2. The Morgan fingerprint density at radius 1 is 0.976 bits per heavy atom. The summed E-state index contributed by atoms with van der Waals surface area (Å²) in [6, 6.07) is 12.1. The van der Waals surface area contributed by atoms with Crippen molar-refractivity contribution in [3.8, 4) is 0 Å². The largest absolute Gasteiger partial charge is 0.501 e. The van der Waals surface area contributed by atoms with Gasteiger partial charge >= 0.3 is 5.51 Å². The first-order valence-corrected chi connectivity index (χ1v) is 15.7. The molecule has 3 aromatic rings. The maximum atomic E-state index is 13.1. The Kier molecular flexibility index (Phi) is 8.72. The lowest BCUT2D eigenvalue weighted by molar-refractivity contribution is -0.384. The number of piperidine rings is 1. The number of carbonyl (C=O) groups excluding carboxylic acids is 1. The SMILES string of the molecule is O=C(NCc1ccc(S(=O)(=O)N2CCC(Nc3ccc(S(=O)(=O)C(F)(F)F)cc3)CC2)s1)c1ccc([N+](=O)[O-])cc1. The monoisotopic (exact) mass is 632 g/mol. The summed E-state index contributed by atoms with van der Waals surface area (Å²) in [7, 11) is -9.24. The predicted molar refractivity (Wildman–Crippen MR) is 144 cm³/mol. The van der Waals surface area contributed by atoms with Gasteiger partial charge in [-0.25, -0.2) is 16.8 Å². The summed E-state index contributed by atoms with van der Waals surface area (Å²) in [5.74, 6) is -0.469. The van der Waals surface area contributed by atoms with Crippen molar-refractivity contribution in [3.05, 3.63) is 81.2 Å². The highest BCUT2D eigenvalue weighted by Crippen LogP contribution is 2.31. The molecule has 1 saturated heterocycles. The molecule has 11 nitrogen and oxygen atoms in total. The summed E-state index contributed by atoms with van der Waals surface area (Å²) in [6.45, 7) is 0.431. The first-order valence-electron chi connectivity index (χ1n) is 12.0. The van der Waals surface area contributed by atoms with Crippen LogP contribution in [0.3, 0.4) is 0 Å². The lowest BCUT2D eigenvalue weighted by Gasteiger charge is -2.31. The van der Waals surface area contributed by atoms with Crippen molar-refractivity contribution in [2.75, 3.05) is 18.4 Å². The molecule has 1 aliphatic rings. The molecule has 2 N–H and O–H groups in total. The second-order valence-electron chi connectivity index (χ2n) is 9.00. The summed E-state index contributed by atoms with van der Waals surface area (Å²) in [5, 5.41) is 16.5. The molecule has 0 bridgehead atoms. The Bertz CT molecular complexity index is 1630. The number of halogens is 3. The van der Waals surface area contributed by atoms with Gasteiger partial charge in [-0.05, 0) is 61.4 Å². The zero-order valence-corrected chi connectivity index (χ0v) is 23.4. The van der Waals surface area contributed by atoms with Gasteiger partial charge in [0.2, 0.25) is 0 Å². The van der Waals surface area contributed by atoms with Crippen LogP contribution in [0.15, 0.2) is 69.8 Å². The molecule has 0 atom stereocenters. The summed E-state index contributed by atoms with van der Waals surface area (Å²) in [4.78, 5) is 22.2. The molecule has 17 heteroatoms. The molecule has 0 aliphatic carbocycles. The van der Waals surface area contributed by atoms with E-state index in [1.807, 2.05) is 0 Å². The van der Waals surface area contributed by atoms with E-state index < -0.39 is 41.1 Å². The van der Waals surface area contributed by atoms with Crippen LogP contribution in [-0.2, 0) is 26.4 Å². The van der Waals surface area contributed by atoms with Crippen molar-refractivity contribution in [1.82, 2.24) is 9.62 Å². The number of non-ortho nitro benzene ring substituents is 1. The summed E-state index contributed by atoms with van der Waals surface area (Å²) in [5.41, 5.74) is -4.91. The van der Waals surface area contributed by atoms with Gasteiger partial charge in [0.15, 0.2) is 0 Å². The van der Waals surface area contributed by atoms with E-state index in [2.05, 4.69) is 10.6 Å². The topological polar surface area (TPSA) is 156 Å². The molecule has 1 fully saturated rings. The molecule has 2 heterocycles. The number of benzene rings is 2. The van der Waals surface area contributed by atoms with Crippen LogP contribution in [-0.4, -0.2) is 56.6 Å². The number of nitrogens with one attached hydrogen (secondary N) is 2. The van der Waals surface area contributed by atoms with Gasteiger partial charge < -0.3 is 10.6 Å². The Morgan fingerprint density at radius 2 is 1.59 bits per heavy atom. The van der Waals surface area contributed by atoms with E-state index in [1.165, 1.54) is 46.8 Å². The number of sulfone groups is 1. The summed E-state index contributed by atoms with van der Waals surface area (Å²) < 4.78 is 88.9. The summed E-state index contributed by atoms with van der Waals surface area (Å²) >= 11 is 1.01. The van der Waals surface area contributed by atoms with Crippen LogP contribution in [0.4, 0.5) is 24.5 Å². The molecular formula is C24H23F3N4O7S3. The molecule has 0 radical (unpaired) electrons. The highest BCUT2D eigenvalue weighted by molar-refractivity contribution is 7.92. The van der Waals surface area contributed by atoms with E-state index in [0.717, 1.165) is 23.5 Å². The number of anilines is 1. The van der Waals surface area contributed by atoms with E-state index in [1.54, 1.807) is 6.07 Å². The zero-order chi connectivity index (χ0) is 30.0. The number of rotatable bonds is 9. The second kappa shape index (κ2) is 11.8. The third-order valence-electron chi connectivity index (χ3n) is 6.29. The van der Waals surface area contributed by atoms with Gasteiger partial charge in [-0.3, -0.25) is 14.9 Å². The Labute approximate surface area is 237 Å². The molecule has 41 heavy (non-hydrogen) atoms. The van der Waals surface area contributed by atoms with Crippen LogP contribution in [0.5, 0.6) is 0 Å². The van der Waals surface area contributed by atoms with Crippen molar-refractivity contribution in [3.63, 3.8) is 0 Å². The van der Waals surface area contributed by atoms with Gasteiger partial charge in [-0.15, -0.1) is 11.3 Å².